The molecule has 0 aliphatic rings. The molecule has 0 saturated carbocycles. The number of halogens is 1. The fourth-order valence-corrected chi connectivity index (χ4v) is 3.17. The highest BCUT2D eigenvalue weighted by molar-refractivity contribution is 6.30. The quantitative estimate of drug-likeness (QED) is 0.395. The second kappa shape index (κ2) is 9.82. The first-order valence-corrected chi connectivity index (χ1v) is 9.83. The molecule has 0 aromatic heterocycles. The molecule has 3 N–H and O–H groups in total. The monoisotopic (exact) mass is 436 g/mol. The van der Waals surface area contributed by atoms with Crippen molar-refractivity contribution in [3.8, 4) is 11.5 Å². The molecule has 0 fully saturated rings. The summed E-state index contributed by atoms with van der Waals surface area (Å²) in [6, 6.07) is 18.2. The summed E-state index contributed by atoms with van der Waals surface area (Å²) < 4.78 is 0. The van der Waals surface area contributed by atoms with Crippen molar-refractivity contribution < 1.29 is 19.8 Å². The Labute approximate surface area is 185 Å². The summed E-state index contributed by atoms with van der Waals surface area (Å²) in [6.07, 6.45) is 2.92. The van der Waals surface area contributed by atoms with E-state index in [1.807, 2.05) is 12.1 Å². The number of phenolic OH excluding ortho intramolecular Hbond substituents is 2. The van der Waals surface area contributed by atoms with Crippen LogP contribution in [0, 0.1) is 0 Å². The minimum Gasteiger partial charge on any atom is -0.504 e. The summed E-state index contributed by atoms with van der Waals surface area (Å²) >= 11 is 6.09. The van der Waals surface area contributed by atoms with Crippen LogP contribution in [0.3, 0.4) is 0 Å². The Balaban J connectivity index is 1.90. The van der Waals surface area contributed by atoms with Crippen molar-refractivity contribution in [2.24, 2.45) is 0 Å². The van der Waals surface area contributed by atoms with Gasteiger partial charge in [-0.2, -0.15) is 0 Å². The van der Waals surface area contributed by atoms with Gasteiger partial charge in [0.2, 0.25) is 0 Å². The van der Waals surface area contributed by atoms with Crippen LogP contribution in [-0.2, 0) is 11.3 Å². The fourth-order valence-electron chi connectivity index (χ4n) is 2.95. The lowest BCUT2D eigenvalue weighted by atomic mass is 10.1. The lowest BCUT2D eigenvalue weighted by Gasteiger charge is -2.22. The molecular weight excluding hydrogens is 416 g/mol. The van der Waals surface area contributed by atoms with Gasteiger partial charge >= 0.3 is 0 Å². The number of amides is 2. The Morgan fingerprint density at radius 1 is 1.00 bits per heavy atom. The van der Waals surface area contributed by atoms with Gasteiger partial charge in [-0.3, -0.25) is 9.59 Å². The first-order valence-electron chi connectivity index (χ1n) is 9.45. The third-order valence-electron chi connectivity index (χ3n) is 4.58. The molecule has 0 bridgehead atoms. The highest BCUT2D eigenvalue weighted by Crippen LogP contribution is 2.26. The zero-order valence-electron chi connectivity index (χ0n) is 16.7. The van der Waals surface area contributed by atoms with Gasteiger partial charge in [0.15, 0.2) is 11.5 Å². The van der Waals surface area contributed by atoms with E-state index in [1.165, 1.54) is 18.2 Å². The van der Waals surface area contributed by atoms with Gasteiger partial charge in [-0.1, -0.05) is 29.8 Å². The van der Waals surface area contributed by atoms with E-state index in [-0.39, 0.29) is 29.9 Å². The van der Waals surface area contributed by atoms with Gasteiger partial charge in [0, 0.05) is 29.4 Å². The van der Waals surface area contributed by atoms with Crippen molar-refractivity contribution in [2.75, 3.05) is 11.9 Å². The van der Waals surface area contributed by atoms with Crippen molar-refractivity contribution in [1.82, 2.24) is 5.32 Å². The lowest BCUT2D eigenvalue weighted by Crippen LogP contribution is -2.28. The number of carbonyl (C=O) groups excluding carboxylic acids is 2. The van der Waals surface area contributed by atoms with E-state index in [2.05, 4.69) is 5.32 Å². The Morgan fingerprint density at radius 2 is 1.74 bits per heavy atom. The van der Waals surface area contributed by atoms with E-state index in [0.29, 0.717) is 21.8 Å². The van der Waals surface area contributed by atoms with Crippen molar-refractivity contribution in [2.45, 2.75) is 6.54 Å². The molecule has 6 nitrogen and oxygen atoms in total. The second-order valence-electron chi connectivity index (χ2n) is 6.76. The smallest absolute Gasteiger partial charge is 0.251 e. The van der Waals surface area contributed by atoms with Crippen LogP contribution >= 0.6 is 11.6 Å². The zero-order valence-corrected chi connectivity index (χ0v) is 17.5. The van der Waals surface area contributed by atoms with Crippen LogP contribution in [0.2, 0.25) is 5.02 Å². The van der Waals surface area contributed by atoms with E-state index in [0.717, 1.165) is 5.56 Å². The molecule has 3 aromatic carbocycles. The average molecular weight is 437 g/mol. The second-order valence-corrected chi connectivity index (χ2v) is 7.20. The third kappa shape index (κ3) is 5.65. The number of nitrogens with zero attached hydrogens (tertiary/aromatic N) is 1. The van der Waals surface area contributed by atoms with Gasteiger partial charge in [-0.15, -0.1) is 0 Å². The standard InChI is InChI=1S/C24H21ClN2O4/c1-26-24(31)18-7-9-20(10-8-18)27(15-17-3-2-4-19(25)13-17)23(30)12-6-16-5-11-21(28)22(29)14-16/h2-14,28-29H,15H2,1H3,(H,26,31)/b12-6+. The molecule has 0 aliphatic carbocycles. The molecule has 0 unspecified atom stereocenters. The number of benzene rings is 3. The SMILES string of the molecule is CNC(=O)c1ccc(N(Cc2cccc(Cl)c2)C(=O)/C=C/c2ccc(O)c(O)c2)cc1. The zero-order chi connectivity index (χ0) is 22.4. The van der Waals surface area contributed by atoms with E-state index in [9.17, 15) is 19.8 Å². The van der Waals surface area contributed by atoms with E-state index < -0.39 is 0 Å². The molecule has 0 aliphatic heterocycles. The van der Waals surface area contributed by atoms with Crippen LogP contribution in [0.15, 0.2) is 72.8 Å². The van der Waals surface area contributed by atoms with Crippen molar-refractivity contribution in [3.63, 3.8) is 0 Å². The molecule has 0 spiro atoms. The third-order valence-corrected chi connectivity index (χ3v) is 4.82. The fraction of sp³-hybridized carbons (Fsp3) is 0.0833. The maximum atomic E-state index is 13.0. The number of hydrogen-bond acceptors (Lipinski definition) is 4. The molecule has 7 heteroatoms. The van der Waals surface area contributed by atoms with Gasteiger partial charge < -0.3 is 20.4 Å². The highest BCUT2D eigenvalue weighted by Gasteiger charge is 2.15. The molecular formula is C24H21ClN2O4. The van der Waals surface area contributed by atoms with Crippen molar-refractivity contribution >= 4 is 35.2 Å². The van der Waals surface area contributed by atoms with Crippen LogP contribution in [0.1, 0.15) is 21.5 Å². The molecule has 2 amide bonds. The molecule has 3 aromatic rings. The number of aromatic hydroxyl groups is 2. The van der Waals surface area contributed by atoms with Crippen LogP contribution in [-0.4, -0.2) is 29.1 Å². The number of hydrogen-bond donors (Lipinski definition) is 3. The van der Waals surface area contributed by atoms with Crippen molar-refractivity contribution in [1.29, 1.82) is 0 Å². The molecule has 0 saturated heterocycles. The Bertz CT molecular complexity index is 1130. The topological polar surface area (TPSA) is 89.9 Å². The average Bonchev–Trinajstić information content (AvgIpc) is 2.77. The van der Waals surface area contributed by atoms with Gasteiger partial charge in [0.05, 0.1) is 6.54 Å². The number of anilines is 1. The Hall–Kier alpha value is -3.77. The minimum absolute atomic E-state index is 0.216. The Kier molecular flexibility index (Phi) is 6.95. The largest absolute Gasteiger partial charge is 0.504 e. The van der Waals surface area contributed by atoms with Crippen LogP contribution in [0.25, 0.3) is 6.08 Å². The van der Waals surface area contributed by atoms with Crippen LogP contribution in [0.4, 0.5) is 5.69 Å². The number of nitrogens with one attached hydrogen (secondary N) is 1. The maximum absolute atomic E-state index is 13.0. The summed E-state index contributed by atoms with van der Waals surface area (Å²) in [6.45, 7) is 0.268. The number of phenols is 2. The van der Waals surface area contributed by atoms with Crippen molar-refractivity contribution in [3.05, 3.63) is 94.5 Å². The predicted octanol–water partition coefficient (Wildman–Crippen LogP) is 4.36. The van der Waals surface area contributed by atoms with Crippen LogP contribution in [0.5, 0.6) is 11.5 Å². The van der Waals surface area contributed by atoms with E-state index >= 15 is 0 Å². The van der Waals surface area contributed by atoms with Gasteiger partial charge in [0.1, 0.15) is 0 Å². The normalized spacial score (nSPS) is 10.8. The molecule has 31 heavy (non-hydrogen) atoms. The number of carbonyl (C=O) groups is 2. The Morgan fingerprint density at radius 3 is 2.39 bits per heavy atom. The molecule has 158 valence electrons. The minimum atomic E-state index is -0.305. The first-order chi connectivity index (χ1) is 14.9. The van der Waals surface area contributed by atoms with E-state index in [1.54, 1.807) is 60.5 Å². The first kappa shape index (κ1) is 21.9. The summed E-state index contributed by atoms with van der Waals surface area (Å²) in [7, 11) is 1.55. The molecule has 0 radical (unpaired) electrons. The highest BCUT2D eigenvalue weighted by atomic mass is 35.5. The predicted molar refractivity (Wildman–Crippen MR) is 121 cm³/mol. The number of rotatable bonds is 6. The maximum Gasteiger partial charge on any atom is 0.251 e. The lowest BCUT2D eigenvalue weighted by molar-refractivity contribution is -0.114. The summed E-state index contributed by atoms with van der Waals surface area (Å²) in [5.41, 5.74) is 2.49. The van der Waals surface area contributed by atoms with E-state index in [4.69, 9.17) is 11.6 Å². The van der Waals surface area contributed by atoms with Crippen LogP contribution < -0.4 is 10.2 Å². The molecule has 0 heterocycles. The summed E-state index contributed by atoms with van der Waals surface area (Å²) in [4.78, 5) is 26.4. The molecule has 3 rings (SSSR count). The van der Waals surface area contributed by atoms with Gasteiger partial charge in [-0.05, 0) is 65.7 Å². The van der Waals surface area contributed by atoms with Gasteiger partial charge in [-0.25, -0.2) is 0 Å². The molecule has 0 atom stereocenters. The van der Waals surface area contributed by atoms with Gasteiger partial charge in [0.25, 0.3) is 11.8 Å². The summed E-state index contributed by atoms with van der Waals surface area (Å²) in [5, 5.41) is 22.2. The summed E-state index contributed by atoms with van der Waals surface area (Å²) in [5.74, 6) is -1.02.